The van der Waals surface area contributed by atoms with Crippen molar-refractivity contribution in [1.82, 2.24) is 20.3 Å². The number of methoxy groups -OCH3 is 1. The number of hydrogen-bond donors (Lipinski definition) is 4. The second kappa shape index (κ2) is 10.3. The molecule has 4 N–H and O–H groups in total. The van der Waals surface area contributed by atoms with Gasteiger partial charge in [0.25, 0.3) is 0 Å². The molecule has 40 heavy (non-hydrogen) atoms. The number of fused-ring (bicyclic) bond motifs is 3. The Morgan fingerprint density at radius 2 is 1.40 bits per heavy atom. The van der Waals surface area contributed by atoms with Crippen LogP contribution in [0.1, 0.15) is 23.6 Å². The van der Waals surface area contributed by atoms with Gasteiger partial charge < -0.3 is 25.0 Å². The Morgan fingerprint density at radius 1 is 0.825 bits per heavy atom. The molecule has 0 radical (unpaired) electrons. The molecule has 0 saturated carbocycles. The standard InChI is InChI=1S/C31H26Br2N4O3/c1-31(21-15-35-27-19(21)8-5-10-23(27)32,22-16-36-28-20(22)9-6-11-24(28)33)30(39)37-26(29(38)40-2)13-17-14-34-25-12-4-3-7-18(17)25/h3-12,14-16,26,34-36H,13H2,1-2H3,(H,37,39)/t26-/m0/s1. The molecular formula is C31H26Br2N4O3. The van der Waals surface area contributed by atoms with Gasteiger partial charge in [0.2, 0.25) is 5.91 Å². The molecule has 0 saturated heterocycles. The van der Waals surface area contributed by atoms with Crippen LogP contribution in [0.15, 0.2) is 88.2 Å². The Labute approximate surface area is 246 Å². The molecule has 6 aromatic rings. The van der Waals surface area contributed by atoms with E-state index in [1.54, 1.807) is 0 Å². The SMILES string of the molecule is COC(=O)[C@H](Cc1c[nH]c2ccccc12)NC(=O)C(C)(c1c[nH]c2c(Br)cccc12)c1c[nH]c2c(Br)cccc12. The number of nitrogens with one attached hydrogen (secondary N) is 4. The van der Waals surface area contributed by atoms with Crippen LogP contribution >= 0.6 is 31.9 Å². The summed E-state index contributed by atoms with van der Waals surface area (Å²) in [5, 5.41) is 5.87. The van der Waals surface area contributed by atoms with Gasteiger partial charge in [-0.25, -0.2) is 4.79 Å². The number of para-hydroxylation sites is 3. The maximum absolute atomic E-state index is 14.6. The molecule has 202 valence electrons. The maximum atomic E-state index is 14.6. The molecule has 3 aromatic heterocycles. The summed E-state index contributed by atoms with van der Waals surface area (Å²) in [7, 11) is 1.34. The van der Waals surface area contributed by atoms with E-state index >= 15 is 0 Å². The van der Waals surface area contributed by atoms with Gasteiger partial charge in [-0.2, -0.15) is 0 Å². The van der Waals surface area contributed by atoms with Gasteiger partial charge in [0.05, 0.1) is 18.1 Å². The average molecular weight is 662 g/mol. The van der Waals surface area contributed by atoms with E-state index < -0.39 is 17.4 Å². The van der Waals surface area contributed by atoms with Gasteiger partial charge in [0.15, 0.2) is 0 Å². The molecule has 6 rings (SSSR count). The predicted molar refractivity (Wildman–Crippen MR) is 164 cm³/mol. The molecule has 3 aromatic carbocycles. The Kier molecular flexibility index (Phi) is 6.80. The van der Waals surface area contributed by atoms with E-state index in [4.69, 9.17) is 4.74 Å². The number of ether oxygens (including phenoxy) is 1. The molecule has 1 amide bonds. The minimum absolute atomic E-state index is 0.275. The first kappa shape index (κ1) is 26.4. The number of amides is 1. The van der Waals surface area contributed by atoms with E-state index in [0.717, 1.165) is 58.3 Å². The predicted octanol–water partition coefficient (Wildman–Crippen LogP) is 6.86. The molecule has 0 bridgehead atoms. The average Bonchev–Trinajstić information content (AvgIpc) is 3.70. The Balaban J connectivity index is 1.48. The van der Waals surface area contributed by atoms with Crippen molar-refractivity contribution < 1.29 is 14.3 Å². The van der Waals surface area contributed by atoms with Gasteiger partial charge in [-0.3, -0.25) is 4.79 Å². The van der Waals surface area contributed by atoms with E-state index in [0.29, 0.717) is 0 Å². The highest BCUT2D eigenvalue weighted by molar-refractivity contribution is 9.11. The van der Waals surface area contributed by atoms with Gasteiger partial charge in [-0.15, -0.1) is 0 Å². The summed E-state index contributed by atoms with van der Waals surface area (Å²) >= 11 is 7.25. The van der Waals surface area contributed by atoms with Crippen LogP contribution in [0.2, 0.25) is 0 Å². The van der Waals surface area contributed by atoms with Crippen LogP contribution in [-0.2, 0) is 26.2 Å². The van der Waals surface area contributed by atoms with Gasteiger partial charge in [0.1, 0.15) is 11.5 Å². The van der Waals surface area contributed by atoms with Crippen LogP contribution < -0.4 is 5.32 Å². The zero-order chi connectivity index (χ0) is 28.0. The number of esters is 1. The number of carbonyl (C=O) groups is 2. The molecule has 0 fully saturated rings. The zero-order valence-electron chi connectivity index (χ0n) is 21.8. The number of hydrogen-bond acceptors (Lipinski definition) is 3. The first-order valence-corrected chi connectivity index (χ1v) is 14.4. The molecular weight excluding hydrogens is 636 g/mol. The molecule has 0 spiro atoms. The Hall–Kier alpha value is -3.82. The molecule has 0 aliphatic heterocycles. The first-order chi connectivity index (χ1) is 19.3. The second-order valence-corrected chi connectivity index (χ2v) is 11.7. The molecule has 0 unspecified atom stereocenters. The van der Waals surface area contributed by atoms with Crippen molar-refractivity contribution in [3.63, 3.8) is 0 Å². The van der Waals surface area contributed by atoms with Crippen LogP contribution in [0.25, 0.3) is 32.7 Å². The lowest BCUT2D eigenvalue weighted by Crippen LogP contribution is -2.51. The van der Waals surface area contributed by atoms with Gasteiger partial charge in [-0.1, -0.05) is 42.5 Å². The fraction of sp³-hybridized carbons (Fsp3) is 0.161. The number of H-pyrrole nitrogens is 3. The second-order valence-electron chi connectivity index (χ2n) is 9.97. The topological polar surface area (TPSA) is 103 Å². The number of rotatable bonds is 7. The number of carbonyl (C=O) groups excluding carboxylic acids is 2. The molecule has 7 nitrogen and oxygen atoms in total. The van der Waals surface area contributed by atoms with Crippen LogP contribution in [0.3, 0.4) is 0 Å². The highest BCUT2D eigenvalue weighted by Crippen LogP contribution is 2.42. The minimum atomic E-state index is -1.18. The van der Waals surface area contributed by atoms with E-state index in [-0.39, 0.29) is 12.3 Å². The quantitative estimate of drug-likeness (QED) is 0.141. The van der Waals surface area contributed by atoms with E-state index in [2.05, 4.69) is 52.1 Å². The van der Waals surface area contributed by atoms with Crippen molar-refractivity contribution in [2.24, 2.45) is 0 Å². The monoisotopic (exact) mass is 660 g/mol. The maximum Gasteiger partial charge on any atom is 0.328 e. The number of aromatic amines is 3. The van der Waals surface area contributed by atoms with Crippen molar-refractivity contribution in [3.8, 4) is 0 Å². The van der Waals surface area contributed by atoms with Crippen LogP contribution in [-0.4, -0.2) is 40.0 Å². The zero-order valence-corrected chi connectivity index (χ0v) is 24.9. The van der Waals surface area contributed by atoms with E-state index in [1.165, 1.54) is 7.11 Å². The Bertz CT molecular complexity index is 1820. The van der Waals surface area contributed by atoms with Crippen molar-refractivity contribution in [1.29, 1.82) is 0 Å². The molecule has 0 aliphatic carbocycles. The van der Waals surface area contributed by atoms with Crippen molar-refractivity contribution >= 4 is 76.4 Å². The molecule has 9 heteroatoms. The van der Waals surface area contributed by atoms with Crippen LogP contribution in [0, 0.1) is 0 Å². The minimum Gasteiger partial charge on any atom is -0.467 e. The number of benzene rings is 3. The first-order valence-electron chi connectivity index (χ1n) is 12.8. The summed E-state index contributed by atoms with van der Waals surface area (Å²) < 4.78 is 6.94. The largest absolute Gasteiger partial charge is 0.467 e. The molecule has 1 atom stereocenters. The summed E-state index contributed by atoms with van der Waals surface area (Å²) in [4.78, 5) is 37.5. The summed E-state index contributed by atoms with van der Waals surface area (Å²) in [5.74, 6) is -0.825. The third kappa shape index (κ3) is 4.24. The fourth-order valence-corrected chi connectivity index (χ4v) is 6.57. The lowest BCUT2D eigenvalue weighted by molar-refractivity contribution is -0.145. The number of halogens is 2. The van der Waals surface area contributed by atoms with Crippen LogP contribution in [0.5, 0.6) is 0 Å². The normalized spacial score (nSPS) is 12.7. The molecule has 3 heterocycles. The summed E-state index contributed by atoms with van der Waals surface area (Å²) in [5.41, 5.74) is 4.06. The molecule has 0 aliphatic rings. The van der Waals surface area contributed by atoms with Gasteiger partial charge in [0, 0.05) is 55.6 Å². The number of aromatic nitrogens is 3. The van der Waals surface area contributed by atoms with E-state index in [9.17, 15) is 9.59 Å². The summed E-state index contributed by atoms with van der Waals surface area (Å²) in [6.45, 7) is 1.90. The van der Waals surface area contributed by atoms with Crippen molar-refractivity contribution in [2.75, 3.05) is 7.11 Å². The van der Waals surface area contributed by atoms with Gasteiger partial charge >= 0.3 is 5.97 Å². The van der Waals surface area contributed by atoms with Crippen molar-refractivity contribution in [3.05, 3.63) is 105 Å². The lowest BCUT2D eigenvalue weighted by Gasteiger charge is -2.30. The highest BCUT2D eigenvalue weighted by atomic mass is 79.9. The smallest absolute Gasteiger partial charge is 0.328 e. The lowest BCUT2D eigenvalue weighted by atomic mass is 9.75. The van der Waals surface area contributed by atoms with Crippen LogP contribution in [0.4, 0.5) is 0 Å². The summed E-state index contributed by atoms with van der Waals surface area (Å²) in [6.07, 6.45) is 5.90. The summed E-state index contributed by atoms with van der Waals surface area (Å²) in [6, 6.07) is 18.8. The highest BCUT2D eigenvalue weighted by Gasteiger charge is 2.43. The Morgan fingerprint density at radius 3 is 2.00 bits per heavy atom. The van der Waals surface area contributed by atoms with E-state index in [1.807, 2.05) is 86.2 Å². The third-order valence-corrected chi connectivity index (χ3v) is 9.07. The van der Waals surface area contributed by atoms with Crippen molar-refractivity contribution in [2.45, 2.75) is 24.8 Å². The third-order valence-electron chi connectivity index (χ3n) is 7.75. The fourth-order valence-electron chi connectivity index (χ4n) is 5.61. The van der Waals surface area contributed by atoms with Gasteiger partial charge in [-0.05, 0) is 73.7 Å².